The molecule has 3 rings (SSSR count). The Morgan fingerprint density at radius 2 is 1.81 bits per heavy atom. The van der Waals surface area contributed by atoms with Crippen LogP contribution in [-0.4, -0.2) is 29.8 Å². The second kappa shape index (κ2) is 10.1. The molecule has 3 aromatic rings. The highest BCUT2D eigenvalue weighted by Gasteiger charge is 2.22. The van der Waals surface area contributed by atoms with Crippen molar-refractivity contribution in [3.05, 3.63) is 82.7 Å². The van der Waals surface area contributed by atoms with E-state index in [0.717, 1.165) is 4.68 Å². The number of halogens is 4. The molecule has 1 heterocycles. The van der Waals surface area contributed by atoms with Gasteiger partial charge >= 0.3 is 0 Å². The standard InChI is InChI=1S/C23H20F4N2O3/c1-31-17-5-3-4-15(11-17)20(30)8-6-14-7-9-21(32-2)16(10-14)13-29-19(23(26)27)12-18(28-29)22(24)25/h3-12,22-23H,13H2,1-2H3/b8-6+. The summed E-state index contributed by atoms with van der Waals surface area (Å²) in [5, 5.41) is 3.61. The fourth-order valence-corrected chi connectivity index (χ4v) is 3.09. The van der Waals surface area contributed by atoms with Crippen molar-refractivity contribution >= 4 is 11.9 Å². The molecule has 0 aliphatic rings. The van der Waals surface area contributed by atoms with Crippen molar-refractivity contribution in [1.29, 1.82) is 0 Å². The number of hydrogen-bond acceptors (Lipinski definition) is 4. The van der Waals surface area contributed by atoms with E-state index in [2.05, 4.69) is 5.10 Å². The van der Waals surface area contributed by atoms with Crippen molar-refractivity contribution in [3.63, 3.8) is 0 Å². The summed E-state index contributed by atoms with van der Waals surface area (Å²) in [4.78, 5) is 12.4. The van der Waals surface area contributed by atoms with Crippen molar-refractivity contribution in [1.82, 2.24) is 9.78 Å². The third-order valence-electron chi connectivity index (χ3n) is 4.68. The van der Waals surface area contributed by atoms with Gasteiger partial charge in [0.25, 0.3) is 12.9 Å². The van der Waals surface area contributed by atoms with Crippen LogP contribution in [0.4, 0.5) is 17.6 Å². The summed E-state index contributed by atoms with van der Waals surface area (Å²) in [6, 6.07) is 12.3. The van der Waals surface area contributed by atoms with Crippen molar-refractivity contribution in [2.24, 2.45) is 0 Å². The van der Waals surface area contributed by atoms with E-state index in [1.54, 1.807) is 48.5 Å². The molecule has 2 aromatic carbocycles. The van der Waals surface area contributed by atoms with Gasteiger partial charge in [0, 0.05) is 11.1 Å². The molecule has 5 nitrogen and oxygen atoms in total. The first-order valence-corrected chi connectivity index (χ1v) is 9.49. The molecule has 0 saturated heterocycles. The average molecular weight is 448 g/mol. The van der Waals surface area contributed by atoms with Crippen LogP contribution in [0.2, 0.25) is 0 Å². The minimum absolute atomic E-state index is 0.207. The Balaban J connectivity index is 1.87. The first-order valence-electron chi connectivity index (χ1n) is 9.49. The lowest BCUT2D eigenvalue weighted by atomic mass is 10.1. The summed E-state index contributed by atoms with van der Waals surface area (Å²) in [7, 11) is 2.91. The number of rotatable bonds is 9. The number of ether oxygens (including phenoxy) is 2. The average Bonchev–Trinajstić information content (AvgIpc) is 3.22. The monoisotopic (exact) mass is 448 g/mol. The predicted molar refractivity (Wildman–Crippen MR) is 111 cm³/mol. The van der Waals surface area contributed by atoms with Crippen LogP contribution in [-0.2, 0) is 6.54 Å². The Morgan fingerprint density at radius 1 is 1.03 bits per heavy atom. The van der Waals surface area contributed by atoms with Crippen LogP contribution in [0.5, 0.6) is 11.5 Å². The van der Waals surface area contributed by atoms with Gasteiger partial charge in [-0.3, -0.25) is 9.48 Å². The lowest BCUT2D eigenvalue weighted by molar-refractivity contribution is 0.104. The normalized spacial score (nSPS) is 11.5. The lowest BCUT2D eigenvalue weighted by Crippen LogP contribution is -2.08. The first kappa shape index (κ1) is 23.1. The largest absolute Gasteiger partial charge is 0.497 e. The Labute approximate surface area is 181 Å². The van der Waals surface area contributed by atoms with Crippen molar-refractivity contribution in [2.45, 2.75) is 19.4 Å². The summed E-state index contributed by atoms with van der Waals surface area (Å²) in [5.41, 5.74) is 0.133. The highest BCUT2D eigenvalue weighted by molar-refractivity contribution is 6.07. The number of methoxy groups -OCH3 is 2. The van der Waals surface area contributed by atoms with E-state index in [-0.39, 0.29) is 12.3 Å². The molecule has 0 atom stereocenters. The van der Waals surface area contributed by atoms with E-state index in [9.17, 15) is 22.4 Å². The number of nitrogens with zero attached hydrogens (tertiary/aromatic N) is 2. The molecular formula is C23H20F4N2O3. The molecule has 0 radical (unpaired) electrons. The van der Waals surface area contributed by atoms with Gasteiger partial charge in [0.2, 0.25) is 0 Å². The molecule has 0 spiro atoms. The molecule has 0 unspecified atom stereocenters. The van der Waals surface area contributed by atoms with Crippen LogP contribution in [0.25, 0.3) is 6.08 Å². The van der Waals surface area contributed by atoms with Gasteiger partial charge in [0.15, 0.2) is 5.78 Å². The van der Waals surface area contributed by atoms with E-state index in [1.165, 1.54) is 20.3 Å². The van der Waals surface area contributed by atoms with Crippen LogP contribution in [0.15, 0.2) is 54.6 Å². The Kier molecular flexibility index (Phi) is 7.29. The summed E-state index contributed by atoms with van der Waals surface area (Å²) in [5.74, 6) is 0.665. The highest BCUT2D eigenvalue weighted by atomic mass is 19.3. The summed E-state index contributed by atoms with van der Waals surface area (Å²) >= 11 is 0. The molecule has 0 aliphatic heterocycles. The number of alkyl halides is 4. The van der Waals surface area contributed by atoms with Crippen molar-refractivity contribution < 1.29 is 31.8 Å². The van der Waals surface area contributed by atoms with Crippen molar-refractivity contribution in [2.75, 3.05) is 14.2 Å². The van der Waals surface area contributed by atoms with Crippen LogP contribution in [0.1, 0.15) is 45.7 Å². The van der Waals surface area contributed by atoms with E-state index >= 15 is 0 Å². The predicted octanol–water partition coefficient (Wildman–Crippen LogP) is 5.72. The summed E-state index contributed by atoms with van der Waals surface area (Å²) < 4.78 is 63.7. The maximum atomic E-state index is 13.3. The minimum Gasteiger partial charge on any atom is -0.497 e. The Hall–Kier alpha value is -3.62. The van der Waals surface area contributed by atoms with Crippen LogP contribution in [0.3, 0.4) is 0 Å². The molecular weight excluding hydrogens is 428 g/mol. The number of carbonyl (C=O) groups is 1. The zero-order valence-electron chi connectivity index (χ0n) is 17.3. The second-order valence-electron chi connectivity index (χ2n) is 6.75. The minimum atomic E-state index is -2.97. The van der Waals surface area contributed by atoms with Gasteiger partial charge in [-0.1, -0.05) is 24.3 Å². The quantitative estimate of drug-likeness (QED) is 0.239. The number of aromatic nitrogens is 2. The van der Waals surface area contributed by atoms with Gasteiger partial charge in [0.1, 0.15) is 22.9 Å². The third-order valence-corrected chi connectivity index (χ3v) is 4.68. The smallest absolute Gasteiger partial charge is 0.282 e. The molecule has 9 heteroatoms. The fourth-order valence-electron chi connectivity index (χ4n) is 3.09. The summed E-state index contributed by atoms with van der Waals surface area (Å²) in [6.07, 6.45) is -3.00. The second-order valence-corrected chi connectivity index (χ2v) is 6.75. The van der Waals surface area contributed by atoms with Gasteiger partial charge in [0.05, 0.1) is 20.8 Å². The zero-order chi connectivity index (χ0) is 23.3. The van der Waals surface area contributed by atoms with Gasteiger partial charge in [-0.25, -0.2) is 17.6 Å². The van der Waals surface area contributed by atoms with Gasteiger partial charge in [-0.2, -0.15) is 5.10 Å². The lowest BCUT2D eigenvalue weighted by Gasteiger charge is -2.12. The molecule has 1 aromatic heterocycles. The molecule has 0 aliphatic carbocycles. The Morgan fingerprint density at radius 3 is 2.47 bits per heavy atom. The number of allylic oxidation sites excluding steroid dienone is 1. The number of benzene rings is 2. The number of hydrogen-bond donors (Lipinski definition) is 0. The number of ketones is 1. The highest BCUT2D eigenvalue weighted by Crippen LogP contribution is 2.28. The molecule has 168 valence electrons. The van der Waals surface area contributed by atoms with Crippen LogP contribution < -0.4 is 9.47 Å². The van der Waals surface area contributed by atoms with Crippen LogP contribution >= 0.6 is 0 Å². The molecule has 0 amide bonds. The molecule has 0 saturated carbocycles. The van der Waals surface area contributed by atoms with E-state index < -0.39 is 24.2 Å². The molecule has 0 N–H and O–H groups in total. The van der Waals surface area contributed by atoms with E-state index in [0.29, 0.717) is 34.3 Å². The Bertz CT molecular complexity index is 1130. The first-order chi connectivity index (χ1) is 15.3. The maximum Gasteiger partial charge on any atom is 0.282 e. The molecule has 0 bridgehead atoms. The van der Waals surface area contributed by atoms with Gasteiger partial charge < -0.3 is 9.47 Å². The van der Waals surface area contributed by atoms with Gasteiger partial charge in [-0.15, -0.1) is 0 Å². The summed E-state index contributed by atoms with van der Waals surface area (Å²) in [6.45, 7) is -0.207. The zero-order valence-corrected chi connectivity index (χ0v) is 17.3. The third kappa shape index (κ3) is 5.35. The van der Waals surface area contributed by atoms with Gasteiger partial charge in [-0.05, 0) is 42.0 Å². The van der Waals surface area contributed by atoms with E-state index in [1.807, 2.05) is 0 Å². The SMILES string of the molecule is COc1cccc(C(=O)/C=C/c2ccc(OC)c(Cn3nc(C(F)F)cc3C(F)F)c2)c1. The molecule has 32 heavy (non-hydrogen) atoms. The number of carbonyl (C=O) groups excluding carboxylic acids is 1. The maximum absolute atomic E-state index is 13.3. The molecule has 0 fully saturated rings. The topological polar surface area (TPSA) is 53.4 Å². The van der Waals surface area contributed by atoms with E-state index in [4.69, 9.17) is 9.47 Å². The van der Waals surface area contributed by atoms with Crippen molar-refractivity contribution in [3.8, 4) is 11.5 Å². The fraction of sp³-hybridized carbons (Fsp3) is 0.217. The van der Waals surface area contributed by atoms with Crippen LogP contribution in [0, 0.1) is 0 Å².